The fourth-order valence-electron chi connectivity index (χ4n) is 4.08. The Kier molecular flexibility index (Phi) is 6.93. The Morgan fingerprint density at radius 1 is 1.18 bits per heavy atom. The highest BCUT2D eigenvalue weighted by Crippen LogP contribution is 2.34. The maximum Gasteiger partial charge on any atom is 0.193 e. The number of nitrogens with zero attached hydrogens (tertiary/aromatic N) is 2. The summed E-state index contributed by atoms with van der Waals surface area (Å²) in [4.78, 5) is 6.73. The Bertz CT molecular complexity index is 827. The van der Waals surface area contributed by atoms with Crippen LogP contribution in [0.2, 0.25) is 0 Å². The summed E-state index contributed by atoms with van der Waals surface area (Å²) in [6, 6.07) is 15.2. The van der Waals surface area contributed by atoms with Gasteiger partial charge in [0.25, 0.3) is 0 Å². The van der Waals surface area contributed by atoms with E-state index in [-0.39, 0.29) is 42.0 Å². The van der Waals surface area contributed by atoms with Crippen LogP contribution in [0.15, 0.2) is 53.5 Å². The van der Waals surface area contributed by atoms with Gasteiger partial charge in [0.05, 0.1) is 12.6 Å². The summed E-state index contributed by atoms with van der Waals surface area (Å²) in [5, 5.41) is 3.54. The van der Waals surface area contributed by atoms with Crippen molar-refractivity contribution in [2.75, 3.05) is 26.7 Å². The molecule has 6 heteroatoms. The smallest absolute Gasteiger partial charge is 0.193 e. The molecule has 0 spiro atoms. The van der Waals surface area contributed by atoms with Gasteiger partial charge >= 0.3 is 0 Å². The number of ether oxygens (including phenoxy) is 1. The molecule has 2 aliphatic rings. The molecule has 2 aromatic carbocycles. The van der Waals surface area contributed by atoms with E-state index in [9.17, 15) is 4.39 Å². The van der Waals surface area contributed by atoms with Crippen molar-refractivity contribution in [2.45, 2.75) is 31.5 Å². The molecule has 2 aromatic rings. The van der Waals surface area contributed by atoms with E-state index in [2.05, 4.69) is 46.4 Å². The molecule has 1 aliphatic heterocycles. The molecule has 1 saturated heterocycles. The van der Waals surface area contributed by atoms with Gasteiger partial charge in [-0.25, -0.2) is 4.39 Å². The van der Waals surface area contributed by atoms with E-state index < -0.39 is 0 Å². The van der Waals surface area contributed by atoms with Gasteiger partial charge in [-0.05, 0) is 42.2 Å². The predicted octanol–water partition coefficient (Wildman–Crippen LogP) is 4.12. The van der Waals surface area contributed by atoms with Crippen LogP contribution in [0.3, 0.4) is 0 Å². The van der Waals surface area contributed by atoms with Crippen LogP contribution in [-0.4, -0.2) is 43.6 Å². The molecule has 3 unspecified atom stereocenters. The van der Waals surface area contributed by atoms with Crippen LogP contribution in [0.25, 0.3) is 0 Å². The summed E-state index contributed by atoms with van der Waals surface area (Å²) in [6.07, 6.45) is 1.12. The molecule has 1 aliphatic carbocycles. The summed E-state index contributed by atoms with van der Waals surface area (Å²) in [7, 11) is 1.82. The number of nitrogens with one attached hydrogen (secondary N) is 1. The maximum absolute atomic E-state index is 13.2. The maximum atomic E-state index is 13.2. The zero-order valence-electron chi connectivity index (χ0n) is 16.3. The van der Waals surface area contributed by atoms with Crippen LogP contribution in [-0.2, 0) is 11.2 Å². The third kappa shape index (κ3) is 4.49. The molecule has 150 valence electrons. The normalized spacial score (nSPS) is 24.0. The van der Waals surface area contributed by atoms with Crippen LogP contribution in [0, 0.1) is 5.82 Å². The Hall–Kier alpha value is -1.67. The number of hydrogen-bond acceptors (Lipinski definition) is 2. The first-order valence-corrected chi connectivity index (χ1v) is 9.58. The Morgan fingerprint density at radius 3 is 2.64 bits per heavy atom. The number of benzene rings is 2. The van der Waals surface area contributed by atoms with Gasteiger partial charge in [0, 0.05) is 26.1 Å². The van der Waals surface area contributed by atoms with Gasteiger partial charge in [-0.2, -0.15) is 0 Å². The SMILES string of the molecule is CN=C(NCC1Cc2ccccc21)N1CC(C)OC(c2ccc(F)cc2)C1.I. The van der Waals surface area contributed by atoms with Gasteiger partial charge in [0.1, 0.15) is 11.9 Å². The van der Waals surface area contributed by atoms with Gasteiger partial charge < -0.3 is 15.0 Å². The third-order valence-corrected chi connectivity index (χ3v) is 5.48. The van der Waals surface area contributed by atoms with Crippen LogP contribution >= 0.6 is 24.0 Å². The van der Waals surface area contributed by atoms with Crippen molar-refractivity contribution in [1.29, 1.82) is 0 Å². The number of rotatable bonds is 3. The van der Waals surface area contributed by atoms with Gasteiger partial charge in [-0.15, -0.1) is 24.0 Å². The molecule has 28 heavy (non-hydrogen) atoms. The first-order chi connectivity index (χ1) is 13.1. The zero-order valence-corrected chi connectivity index (χ0v) is 18.6. The third-order valence-electron chi connectivity index (χ3n) is 5.48. The van der Waals surface area contributed by atoms with Crippen molar-refractivity contribution in [3.05, 3.63) is 71.0 Å². The lowest BCUT2D eigenvalue weighted by Gasteiger charge is -2.39. The standard InChI is InChI=1S/C22H26FN3O.HI/c1-15-13-26(14-21(27-15)16-7-9-19(23)10-8-16)22(24-2)25-12-18-11-17-5-3-4-6-20(17)18;/h3-10,15,18,21H,11-14H2,1-2H3,(H,24,25);1H. The molecule has 0 aromatic heterocycles. The Labute approximate surface area is 183 Å². The minimum Gasteiger partial charge on any atom is -0.367 e. The van der Waals surface area contributed by atoms with Gasteiger partial charge in [0.2, 0.25) is 0 Å². The van der Waals surface area contributed by atoms with Crippen LogP contribution in [0.5, 0.6) is 0 Å². The average molecular weight is 495 g/mol. The molecule has 0 amide bonds. The summed E-state index contributed by atoms with van der Waals surface area (Å²) in [5.74, 6) is 1.23. The van der Waals surface area contributed by atoms with Crippen LogP contribution < -0.4 is 5.32 Å². The van der Waals surface area contributed by atoms with Crippen LogP contribution in [0.1, 0.15) is 35.6 Å². The number of hydrogen-bond donors (Lipinski definition) is 1. The number of halogens is 2. The van der Waals surface area contributed by atoms with E-state index >= 15 is 0 Å². The largest absolute Gasteiger partial charge is 0.367 e. The predicted molar refractivity (Wildman–Crippen MR) is 121 cm³/mol. The number of morpholine rings is 1. The quantitative estimate of drug-likeness (QED) is 0.396. The highest BCUT2D eigenvalue weighted by atomic mass is 127. The second kappa shape index (κ2) is 9.22. The number of aliphatic imine (C=N–C) groups is 1. The van der Waals surface area contributed by atoms with E-state index in [1.807, 2.05) is 7.05 Å². The van der Waals surface area contributed by atoms with Crippen molar-refractivity contribution in [3.63, 3.8) is 0 Å². The van der Waals surface area contributed by atoms with E-state index in [0.717, 1.165) is 31.0 Å². The number of fused-ring (bicyclic) bond motifs is 1. The minimum absolute atomic E-state index is 0. The molecular weight excluding hydrogens is 468 g/mol. The zero-order chi connectivity index (χ0) is 18.8. The van der Waals surface area contributed by atoms with Crippen molar-refractivity contribution in [3.8, 4) is 0 Å². The van der Waals surface area contributed by atoms with Gasteiger partial charge in [-0.1, -0.05) is 36.4 Å². The van der Waals surface area contributed by atoms with Gasteiger partial charge in [-0.3, -0.25) is 4.99 Å². The van der Waals surface area contributed by atoms with Crippen molar-refractivity contribution in [2.24, 2.45) is 4.99 Å². The van der Waals surface area contributed by atoms with Crippen molar-refractivity contribution >= 4 is 29.9 Å². The summed E-state index contributed by atoms with van der Waals surface area (Å²) < 4.78 is 19.3. The molecule has 4 nitrogen and oxygen atoms in total. The molecular formula is C22H27FIN3O. The lowest BCUT2D eigenvalue weighted by molar-refractivity contribution is -0.0605. The average Bonchev–Trinajstić information content (AvgIpc) is 2.65. The fourth-order valence-corrected chi connectivity index (χ4v) is 4.08. The lowest BCUT2D eigenvalue weighted by Crippen LogP contribution is -2.51. The second-order valence-corrected chi connectivity index (χ2v) is 7.42. The van der Waals surface area contributed by atoms with Crippen molar-refractivity contribution < 1.29 is 9.13 Å². The monoisotopic (exact) mass is 495 g/mol. The molecule has 0 saturated carbocycles. The first kappa shape index (κ1) is 21.0. The molecule has 4 rings (SSSR count). The molecule has 0 bridgehead atoms. The van der Waals surface area contributed by atoms with E-state index in [1.165, 1.54) is 23.3 Å². The topological polar surface area (TPSA) is 36.9 Å². The highest BCUT2D eigenvalue weighted by molar-refractivity contribution is 14.0. The second-order valence-electron chi connectivity index (χ2n) is 7.42. The Balaban J connectivity index is 0.00000225. The summed E-state index contributed by atoms with van der Waals surface area (Å²) in [6.45, 7) is 4.45. The summed E-state index contributed by atoms with van der Waals surface area (Å²) in [5.41, 5.74) is 3.90. The van der Waals surface area contributed by atoms with E-state index in [4.69, 9.17) is 4.74 Å². The fraction of sp³-hybridized carbons (Fsp3) is 0.409. The molecule has 0 radical (unpaired) electrons. The minimum atomic E-state index is -0.224. The van der Waals surface area contributed by atoms with Gasteiger partial charge in [0.15, 0.2) is 5.96 Å². The molecule has 1 N–H and O–H groups in total. The molecule has 3 atom stereocenters. The Morgan fingerprint density at radius 2 is 1.93 bits per heavy atom. The highest BCUT2D eigenvalue weighted by Gasteiger charge is 2.30. The molecule has 1 fully saturated rings. The first-order valence-electron chi connectivity index (χ1n) is 9.58. The molecule has 1 heterocycles. The van der Waals surface area contributed by atoms with Crippen LogP contribution in [0.4, 0.5) is 4.39 Å². The van der Waals surface area contributed by atoms with E-state index in [0.29, 0.717) is 12.5 Å². The number of guanidine groups is 1. The van der Waals surface area contributed by atoms with E-state index in [1.54, 1.807) is 12.1 Å². The van der Waals surface area contributed by atoms with Crippen molar-refractivity contribution in [1.82, 2.24) is 10.2 Å². The summed E-state index contributed by atoms with van der Waals surface area (Å²) >= 11 is 0. The lowest BCUT2D eigenvalue weighted by atomic mass is 9.78.